The second kappa shape index (κ2) is 5.25. The zero-order valence-corrected chi connectivity index (χ0v) is 10.2. The Hall–Kier alpha value is -1.16. The maximum Gasteiger partial charge on any atom is 0.240 e. The van der Waals surface area contributed by atoms with Crippen molar-refractivity contribution in [1.29, 1.82) is 0 Å². The Morgan fingerprint density at radius 1 is 1.38 bits per heavy atom. The standard InChI is InChI=1S/C11H11BrN2O2/c12-10-7-9(13-8-15)1-2-11(10)14-3-5-16-6-4-14/h1-2,7H,3-6H2. The van der Waals surface area contributed by atoms with Crippen molar-refractivity contribution >= 4 is 33.4 Å². The molecule has 0 spiro atoms. The Morgan fingerprint density at radius 3 is 2.75 bits per heavy atom. The number of isocyanates is 1. The van der Waals surface area contributed by atoms with E-state index in [1.165, 1.54) is 6.08 Å². The number of halogens is 1. The van der Waals surface area contributed by atoms with Crippen molar-refractivity contribution in [3.05, 3.63) is 22.7 Å². The molecule has 0 aliphatic carbocycles. The maximum absolute atomic E-state index is 10.1. The van der Waals surface area contributed by atoms with Crippen molar-refractivity contribution in [2.75, 3.05) is 31.2 Å². The smallest absolute Gasteiger partial charge is 0.240 e. The lowest BCUT2D eigenvalue weighted by molar-refractivity contribution is 0.122. The van der Waals surface area contributed by atoms with Crippen LogP contribution in [0.1, 0.15) is 0 Å². The molecule has 0 bridgehead atoms. The molecule has 1 aliphatic heterocycles. The SMILES string of the molecule is O=C=Nc1ccc(N2CCOCC2)c(Br)c1. The van der Waals surface area contributed by atoms with E-state index >= 15 is 0 Å². The number of nitrogens with zero attached hydrogens (tertiary/aromatic N) is 2. The van der Waals surface area contributed by atoms with Crippen LogP contribution >= 0.6 is 15.9 Å². The summed E-state index contributed by atoms with van der Waals surface area (Å²) in [4.78, 5) is 16.0. The van der Waals surface area contributed by atoms with Gasteiger partial charge in [0.25, 0.3) is 0 Å². The van der Waals surface area contributed by atoms with E-state index in [-0.39, 0.29) is 0 Å². The number of benzene rings is 1. The van der Waals surface area contributed by atoms with Gasteiger partial charge < -0.3 is 9.64 Å². The van der Waals surface area contributed by atoms with Crippen LogP contribution in [0.15, 0.2) is 27.7 Å². The average Bonchev–Trinajstić information content (AvgIpc) is 2.31. The third-order valence-corrected chi connectivity index (χ3v) is 3.09. The molecule has 0 amide bonds. The molecular weight excluding hydrogens is 272 g/mol. The number of anilines is 1. The quantitative estimate of drug-likeness (QED) is 0.617. The number of rotatable bonds is 2. The second-order valence-electron chi connectivity index (χ2n) is 3.44. The summed E-state index contributed by atoms with van der Waals surface area (Å²) in [6, 6.07) is 5.57. The number of carbonyl (C=O) groups excluding carboxylic acids is 1. The van der Waals surface area contributed by atoms with Gasteiger partial charge in [-0.1, -0.05) is 0 Å². The van der Waals surface area contributed by atoms with Gasteiger partial charge in [0.05, 0.1) is 24.6 Å². The minimum absolute atomic E-state index is 0.610. The van der Waals surface area contributed by atoms with Gasteiger partial charge in [-0.3, -0.25) is 0 Å². The monoisotopic (exact) mass is 282 g/mol. The zero-order valence-electron chi connectivity index (χ0n) is 8.65. The summed E-state index contributed by atoms with van der Waals surface area (Å²) >= 11 is 3.48. The molecule has 1 fully saturated rings. The topological polar surface area (TPSA) is 41.9 Å². The molecule has 5 heteroatoms. The van der Waals surface area contributed by atoms with E-state index in [9.17, 15) is 4.79 Å². The van der Waals surface area contributed by atoms with Crippen LogP contribution in [-0.2, 0) is 9.53 Å². The molecule has 0 N–H and O–H groups in total. The van der Waals surface area contributed by atoms with E-state index in [1.54, 1.807) is 6.07 Å². The maximum atomic E-state index is 10.1. The van der Waals surface area contributed by atoms with Crippen LogP contribution in [0, 0.1) is 0 Å². The van der Waals surface area contributed by atoms with E-state index in [4.69, 9.17) is 4.74 Å². The summed E-state index contributed by atoms with van der Waals surface area (Å²) in [5.74, 6) is 0. The lowest BCUT2D eigenvalue weighted by Gasteiger charge is -2.29. The Bertz CT molecular complexity index is 424. The van der Waals surface area contributed by atoms with E-state index in [2.05, 4.69) is 25.8 Å². The number of hydrogen-bond acceptors (Lipinski definition) is 4. The fourth-order valence-corrected chi connectivity index (χ4v) is 2.30. The molecule has 1 aromatic rings. The molecule has 16 heavy (non-hydrogen) atoms. The van der Waals surface area contributed by atoms with Gasteiger partial charge in [0.1, 0.15) is 0 Å². The molecule has 0 atom stereocenters. The first-order valence-corrected chi connectivity index (χ1v) is 5.80. The van der Waals surface area contributed by atoms with Gasteiger partial charge in [0.15, 0.2) is 0 Å². The van der Waals surface area contributed by atoms with Gasteiger partial charge >= 0.3 is 0 Å². The summed E-state index contributed by atoms with van der Waals surface area (Å²) in [5, 5.41) is 0. The minimum Gasteiger partial charge on any atom is -0.378 e. The first-order chi connectivity index (χ1) is 7.81. The summed E-state index contributed by atoms with van der Waals surface area (Å²) < 4.78 is 6.23. The highest BCUT2D eigenvalue weighted by Crippen LogP contribution is 2.30. The lowest BCUT2D eigenvalue weighted by Crippen LogP contribution is -2.36. The van der Waals surface area contributed by atoms with Gasteiger partial charge in [-0.2, -0.15) is 4.99 Å². The minimum atomic E-state index is 0.610. The van der Waals surface area contributed by atoms with Crippen LogP contribution in [0.2, 0.25) is 0 Å². The fourth-order valence-electron chi connectivity index (χ4n) is 1.68. The van der Waals surface area contributed by atoms with Gasteiger partial charge in [0.2, 0.25) is 6.08 Å². The molecule has 0 radical (unpaired) electrons. The van der Waals surface area contributed by atoms with Gasteiger partial charge in [-0.05, 0) is 34.1 Å². The van der Waals surface area contributed by atoms with Crippen molar-refractivity contribution in [2.45, 2.75) is 0 Å². The van der Waals surface area contributed by atoms with Crippen LogP contribution in [0.4, 0.5) is 11.4 Å². The Morgan fingerprint density at radius 2 is 2.12 bits per heavy atom. The first-order valence-electron chi connectivity index (χ1n) is 5.01. The second-order valence-corrected chi connectivity index (χ2v) is 4.29. The molecule has 84 valence electrons. The highest BCUT2D eigenvalue weighted by molar-refractivity contribution is 9.10. The predicted octanol–water partition coefficient (Wildman–Crippen LogP) is 2.25. The van der Waals surface area contributed by atoms with Crippen molar-refractivity contribution in [3.8, 4) is 0 Å². The van der Waals surface area contributed by atoms with Crippen molar-refractivity contribution in [2.24, 2.45) is 4.99 Å². The lowest BCUT2D eigenvalue weighted by atomic mass is 10.2. The van der Waals surface area contributed by atoms with Crippen LogP contribution in [0.5, 0.6) is 0 Å². The number of hydrogen-bond donors (Lipinski definition) is 0. The summed E-state index contributed by atoms with van der Waals surface area (Å²) in [5.41, 5.74) is 1.71. The molecule has 0 aromatic heterocycles. The Balaban J connectivity index is 2.24. The van der Waals surface area contributed by atoms with Crippen LogP contribution in [0.3, 0.4) is 0 Å². The first kappa shape index (κ1) is 11.3. The Labute approximate surface area is 102 Å². The number of morpholine rings is 1. The largest absolute Gasteiger partial charge is 0.378 e. The number of aliphatic imine (C=N–C) groups is 1. The highest BCUT2D eigenvalue weighted by Gasteiger charge is 2.13. The normalized spacial score (nSPS) is 15.7. The predicted molar refractivity (Wildman–Crippen MR) is 65.0 cm³/mol. The molecule has 1 saturated heterocycles. The van der Waals surface area contributed by atoms with E-state index in [0.29, 0.717) is 5.69 Å². The molecule has 2 rings (SSSR count). The molecule has 1 aromatic carbocycles. The molecule has 1 aliphatic rings. The van der Waals surface area contributed by atoms with Crippen molar-refractivity contribution in [3.63, 3.8) is 0 Å². The third kappa shape index (κ3) is 2.50. The van der Waals surface area contributed by atoms with Gasteiger partial charge in [-0.15, -0.1) is 0 Å². The van der Waals surface area contributed by atoms with E-state index < -0.39 is 0 Å². The van der Waals surface area contributed by atoms with Crippen LogP contribution in [0.25, 0.3) is 0 Å². The van der Waals surface area contributed by atoms with Crippen LogP contribution in [-0.4, -0.2) is 32.4 Å². The third-order valence-electron chi connectivity index (χ3n) is 2.46. The zero-order chi connectivity index (χ0) is 11.4. The van der Waals surface area contributed by atoms with Gasteiger partial charge in [0, 0.05) is 17.6 Å². The highest BCUT2D eigenvalue weighted by atomic mass is 79.9. The van der Waals surface area contributed by atoms with E-state index in [1.807, 2.05) is 12.1 Å². The van der Waals surface area contributed by atoms with Crippen molar-refractivity contribution < 1.29 is 9.53 Å². The average molecular weight is 283 g/mol. The molecular formula is C11H11BrN2O2. The van der Waals surface area contributed by atoms with Crippen molar-refractivity contribution in [1.82, 2.24) is 0 Å². The Kier molecular flexibility index (Phi) is 3.72. The summed E-state index contributed by atoms with van der Waals surface area (Å²) in [7, 11) is 0. The van der Waals surface area contributed by atoms with Crippen LogP contribution < -0.4 is 4.90 Å². The molecule has 0 saturated carbocycles. The summed E-state index contributed by atoms with van der Waals surface area (Å²) in [6.07, 6.45) is 1.53. The van der Waals surface area contributed by atoms with E-state index in [0.717, 1.165) is 36.5 Å². The fraction of sp³-hybridized carbons (Fsp3) is 0.364. The molecule has 1 heterocycles. The molecule has 4 nitrogen and oxygen atoms in total. The molecule has 0 unspecified atom stereocenters. The summed E-state index contributed by atoms with van der Waals surface area (Å²) in [6.45, 7) is 3.27. The van der Waals surface area contributed by atoms with Gasteiger partial charge in [-0.25, -0.2) is 4.79 Å². The number of ether oxygens (including phenoxy) is 1.